The predicted molar refractivity (Wildman–Crippen MR) is 75.0 cm³/mol. The Morgan fingerprint density at radius 2 is 2.17 bits per heavy atom. The zero-order chi connectivity index (χ0) is 13.2. The Morgan fingerprint density at radius 1 is 1.33 bits per heavy atom. The normalized spacial score (nSPS) is 25.5. The van der Waals surface area contributed by atoms with Crippen LogP contribution in [-0.2, 0) is 9.47 Å². The lowest BCUT2D eigenvalue weighted by molar-refractivity contribution is -0.0550. The molecule has 4 heteroatoms. The predicted octanol–water partition coefficient (Wildman–Crippen LogP) is 1.50. The monoisotopic (exact) mass is 258 g/mol. The number of hydrogen-bond donors (Lipinski definition) is 1. The Hall–Kier alpha value is -0.160. The van der Waals surface area contributed by atoms with Crippen molar-refractivity contribution < 1.29 is 9.47 Å². The molecule has 2 unspecified atom stereocenters. The highest BCUT2D eigenvalue weighted by atomic mass is 16.5. The fourth-order valence-corrected chi connectivity index (χ4v) is 2.35. The summed E-state index contributed by atoms with van der Waals surface area (Å²) in [6, 6.07) is 0.603. The molecule has 1 fully saturated rings. The van der Waals surface area contributed by atoms with Crippen LogP contribution >= 0.6 is 0 Å². The van der Waals surface area contributed by atoms with Crippen LogP contribution in [-0.4, -0.2) is 63.0 Å². The second-order valence-electron chi connectivity index (χ2n) is 5.00. The van der Waals surface area contributed by atoms with Crippen molar-refractivity contribution in [3.05, 3.63) is 0 Å². The van der Waals surface area contributed by atoms with Crippen LogP contribution in [0.4, 0.5) is 0 Å². The number of morpholine rings is 1. The Bertz CT molecular complexity index is 202. The lowest BCUT2D eigenvalue weighted by Gasteiger charge is -2.38. The summed E-state index contributed by atoms with van der Waals surface area (Å²) in [6.45, 7) is 13.3. The summed E-state index contributed by atoms with van der Waals surface area (Å²) in [5, 5.41) is 3.49. The minimum absolute atomic E-state index is 0.380. The minimum atomic E-state index is 0.380. The lowest BCUT2D eigenvalue weighted by atomic mass is 10.1. The Labute approximate surface area is 112 Å². The largest absolute Gasteiger partial charge is 0.382 e. The van der Waals surface area contributed by atoms with Crippen LogP contribution in [0.1, 0.15) is 33.6 Å². The summed E-state index contributed by atoms with van der Waals surface area (Å²) in [7, 11) is 0. The van der Waals surface area contributed by atoms with Gasteiger partial charge in [-0.3, -0.25) is 4.90 Å². The molecule has 18 heavy (non-hydrogen) atoms. The quantitative estimate of drug-likeness (QED) is 0.636. The smallest absolute Gasteiger partial charge is 0.0674 e. The summed E-state index contributed by atoms with van der Waals surface area (Å²) >= 11 is 0. The highest BCUT2D eigenvalue weighted by Crippen LogP contribution is 2.13. The van der Waals surface area contributed by atoms with E-state index in [0.717, 1.165) is 52.4 Å². The van der Waals surface area contributed by atoms with E-state index >= 15 is 0 Å². The van der Waals surface area contributed by atoms with E-state index in [4.69, 9.17) is 9.47 Å². The van der Waals surface area contributed by atoms with Crippen molar-refractivity contribution in [2.24, 2.45) is 0 Å². The van der Waals surface area contributed by atoms with Gasteiger partial charge in [0.05, 0.1) is 12.7 Å². The Balaban J connectivity index is 2.05. The number of nitrogens with zero attached hydrogens (tertiary/aromatic N) is 1. The SMILES string of the molecule is CCOCCCNCCN1CC(C)OCC1CC. The summed E-state index contributed by atoms with van der Waals surface area (Å²) in [5.74, 6) is 0. The van der Waals surface area contributed by atoms with Gasteiger partial charge in [-0.05, 0) is 33.2 Å². The van der Waals surface area contributed by atoms with Gasteiger partial charge in [-0.15, -0.1) is 0 Å². The Morgan fingerprint density at radius 3 is 2.89 bits per heavy atom. The third-order valence-corrected chi connectivity index (χ3v) is 3.47. The van der Waals surface area contributed by atoms with Gasteiger partial charge in [0.2, 0.25) is 0 Å². The van der Waals surface area contributed by atoms with Crippen molar-refractivity contribution in [3.63, 3.8) is 0 Å². The summed E-state index contributed by atoms with van der Waals surface area (Å²) in [4.78, 5) is 2.56. The number of ether oxygens (including phenoxy) is 2. The van der Waals surface area contributed by atoms with Crippen molar-refractivity contribution in [2.45, 2.75) is 45.8 Å². The highest BCUT2D eigenvalue weighted by Gasteiger charge is 2.24. The Kier molecular flexibility index (Phi) is 8.59. The second kappa shape index (κ2) is 9.73. The molecular weight excluding hydrogens is 228 g/mol. The topological polar surface area (TPSA) is 33.7 Å². The van der Waals surface area contributed by atoms with Crippen molar-refractivity contribution in [1.29, 1.82) is 0 Å². The van der Waals surface area contributed by atoms with E-state index < -0.39 is 0 Å². The van der Waals surface area contributed by atoms with E-state index in [1.165, 1.54) is 6.42 Å². The third kappa shape index (κ3) is 6.14. The zero-order valence-electron chi connectivity index (χ0n) is 12.3. The molecule has 4 nitrogen and oxygen atoms in total. The molecular formula is C14H30N2O2. The van der Waals surface area contributed by atoms with Crippen LogP contribution in [0.5, 0.6) is 0 Å². The second-order valence-corrected chi connectivity index (χ2v) is 5.00. The molecule has 108 valence electrons. The van der Waals surface area contributed by atoms with Crippen molar-refractivity contribution in [3.8, 4) is 0 Å². The fraction of sp³-hybridized carbons (Fsp3) is 1.00. The maximum Gasteiger partial charge on any atom is 0.0674 e. The molecule has 1 saturated heterocycles. The average Bonchev–Trinajstić information content (AvgIpc) is 2.38. The van der Waals surface area contributed by atoms with E-state index in [0.29, 0.717) is 12.1 Å². The highest BCUT2D eigenvalue weighted by molar-refractivity contribution is 4.77. The van der Waals surface area contributed by atoms with Crippen molar-refractivity contribution in [1.82, 2.24) is 10.2 Å². The van der Waals surface area contributed by atoms with E-state index in [-0.39, 0.29) is 0 Å². The van der Waals surface area contributed by atoms with E-state index in [2.05, 4.69) is 24.1 Å². The molecule has 0 saturated carbocycles. The maximum absolute atomic E-state index is 5.70. The van der Waals surface area contributed by atoms with Gasteiger partial charge >= 0.3 is 0 Å². The molecule has 1 aliphatic rings. The molecule has 1 aliphatic heterocycles. The van der Waals surface area contributed by atoms with Crippen LogP contribution in [0.25, 0.3) is 0 Å². The van der Waals surface area contributed by atoms with Gasteiger partial charge in [0.15, 0.2) is 0 Å². The maximum atomic E-state index is 5.70. The first kappa shape index (κ1) is 15.9. The minimum Gasteiger partial charge on any atom is -0.382 e. The van der Waals surface area contributed by atoms with Gasteiger partial charge in [0.1, 0.15) is 0 Å². The number of hydrogen-bond acceptors (Lipinski definition) is 4. The number of nitrogens with one attached hydrogen (secondary N) is 1. The van der Waals surface area contributed by atoms with E-state index in [1.54, 1.807) is 0 Å². The lowest BCUT2D eigenvalue weighted by Crippen LogP contribution is -2.50. The number of rotatable bonds is 9. The molecule has 0 aliphatic carbocycles. The van der Waals surface area contributed by atoms with Crippen molar-refractivity contribution in [2.75, 3.05) is 46.0 Å². The molecule has 0 radical (unpaired) electrons. The van der Waals surface area contributed by atoms with Crippen LogP contribution < -0.4 is 5.32 Å². The first-order chi connectivity index (χ1) is 8.77. The van der Waals surface area contributed by atoms with Crippen LogP contribution in [0.15, 0.2) is 0 Å². The summed E-state index contributed by atoms with van der Waals surface area (Å²) in [6.07, 6.45) is 2.66. The van der Waals surface area contributed by atoms with Gasteiger partial charge in [-0.25, -0.2) is 0 Å². The molecule has 1 heterocycles. The van der Waals surface area contributed by atoms with E-state index in [9.17, 15) is 0 Å². The fourth-order valence-electron chi connectivity index (χ4n) is 2.35. The first-order valence-corrected chi connectivity index (χ1v) is 7.42. The van der Waals surface area contributed by atoms with Crippen LogP contribution in [0.3, 0.4) is 0 Å². The molecule has 2 atom stereocenters. The average molecular weight is 258 g/mol. The summed E-state index contributed by atoms with van der Waals surface area (Å²) < 4.78 is 11.0. The van der Waals surface area contributed by atoms with Gasteiger partial charge in [-0.1, -0.05) is 6.92 Å². The van der Waals surface area contributed by atoms with Gasteiger partial charge in [0.25, 0.3) is 0 Å². The first-order valence-electron chi connectivity index (χ1n) is 7.42. The molecule has 0 aromatic rings. The zero-order valence-corrected chi connectivity index (χ0v) is 12.3. The van der Waals surface area contributed by atoms with E-state index in [1.807, 2.05) is 6.92 Å². The standard InChI is InChI=1S/C14H30N2O2/c1-4-14-12-18-13(3)11-16(14)9-8-15-7-6-10-17-5-2/h13-15H,4-12H2,1-3H3. The molecule has 0 spiro atoms. The molecule has 0 aromatic heterocycles. The molecule has 0 aromatic carbocycles. The molecule has 0 bridgehead atoms. The van der Waals surface area contributed by atoms with Gasteiger partial charge < -0.3 is 14.8 Å². The van der Waals surface area contributed by atoms with Gasteiger partial charge in [-0.2, -0.15) is 0 Å². The van der Waals surface area contributed by atoms with Crippen molar-refractivity contribution >= 4 is 0 Å². The molecule has 1 N–H and O–H groups in total. The molecule has 1 rings (SSSR count). The van der Waals surface area contributed by atoms with Crippen LogP contribution in [0, 0.1) is 0 Å². The van der Waals surface area contributed by atoms with Crippen LogP contribution in [0.2, 0.25) is 0 Å². The third-order valence-electron chi connectivity index (χ3n) is 3.47. The van der Waals surface area contributed by atoms with Gasteiger partial charge in [0, 0.05) is 38.9 Å². The molecule has 0 amide bonds. The summed E-state index contributed by atoms with van der Waals surface area (Å²) in [5.41, 5.74) is 0.